The van der Waals surface area contributed by atoms with Crippen LogP contribution in [0, 0.1) is 5.92 Å². The van der Waals surface area contributed by atoms with Gasteiger partial charge in [-0.2, -0.15) is 4.99 Å². The number of hydrogen-bond donors (Lipinski definition) is 2. The Balaban J connectivity index is 1.50. The smallest absolute Gasteiger partial charge is 0.289 e. The highest BCUT2D eigenvalue weighted by atomic mass is 32.1. The first-order chi connectivity index (χ1) is 11.6. The maximum atomic E-state index is 12.0. The van der Waals surface area contributed by atoms with E-state index < -0.39 is 17.7 Å². The largest absolute Gasteiger partial charge is 0.350 e. The highest BCUT2D eigenvalue weighted by molar-refractivity contribution is 7.12. The molecule has 24 heavy (non-hydrogen) atoms. The zero-order chi connectivity index (χ0) is 16.9. The van der Waals surface area contributed by atoms with Gasteiger partial charge in [0.05, 0.1) is 10.6 Å². The lowest BCUT2D eigenvalue weighted by Crippen LogP contribution is -2.39. The number of nitrogens with zero attached hydrogens (tertiary/aromatic N) is 2. The Kier molecular flexibility index (Phi) is 4.76. The van der Waals surface area contributed by atoms with Crippen molar-refractivity contribution in [3.8, 4) is 0 Å². The first-order valence-electron chi connectivity index (χ1n) is 7.31. The summed E-state index contributed by atoms with van der Waals surface area (Å²) in [6, 6.07) is 3.51. The summed E-state index contributed by atoms with van der Waals surface area (Å²) in [6.45, 7) is 0.485. The lowest BCUT2D eigenvalue weighted by molar-refractivity contribution is -0.119. The lowest BCUT2D eigenvalue weighted by Gasteiger charge is -2.17. The molecule has 2 heterocycles. The number of amidine groups is 1. The van der Waals surface area contributed by atoms with Crippen LogP contribution in [0.25, 0.3) is 0 Å². The van der Waals surface area contributed by atoms with Crippen molar-refractivity contribution in [3.63, 3.8) is 0 Å². The maximum Gasteiger partial charge on any atom is 0.289 e. The van der Waals surface area contributed by atoms with E-state index in [-0.39, 0.29) is 24.8 Å². The van der Waals surface area contributed by atoms with Crippen LogP contribution in [0.2, 0.25) is 0 Å². The third kappa shape index (κ3) is 3.54. The Hall–Kier alpha value is -2.87. The number of aliphatic imine (C=N–C) groups is 2. The molecule has 0 bridgehead atoms. The molecule has 0 radical (unpaired) electrons. The highest BCUT2D eigenvalue weighted by Crippen LogP contribution is 2.16. The van der Waals surface area contributed by atoms with Crippen molar-refractivity contribution in [2.75, 3.05) is 13.1 Å². The second kappa shape index (κ2) is 7.14. The van der Waals surface area contributed by atoms with Gasteiger partial charge in [0.2, 0.25) is 5.84 Å². The zero-order valence-electron chi connectivity index (χ0n) is 12.6. The van der Waals surface area contributed by atoms with Gasteiger partial charge in [0, 0.05) is 13.1 Å². The van der Waals surface area contributed by atoms with Gasteiger partial charge >= 0.3 is 0 Å². The van der Waals surface area contributed by atoms with Gasteiger partial charge in [-0.15, -0.1) is 11.3 Å². The molecule has 3 rings (SSSR count). The van der Waals surface area contributed by atoms with Gasteiger partial charge < -0.3 is 10.6 Å². The molecule has 1 unspecified atom stereocenters. The van der Waals surface area contributed by atoms with Gasteiger partial charge in [-0.05, 0) is 17.5 Å². The van der Waals surface area contributed by atoms with Crippen LogP contribution in [0.5, 0.6) is 0 Å². The number of fused-ring (bicyclic) bond motifs is 1. The van der Waals surface area contributed by atoms with Crippen molar-refractivity contribution in [1.29, 1.82) is 0 Å². The molecule has 0 saturated heterocycles. The number of carbonyl (C=O) groups is 3. The Morgan fingerprint density at radius 3 is 2.67 bits per heavy atom. The predicted molar refractivity (Wildman–Crippen MR) is 91.3 cm³/mol. The van der Waals surface area contributed by atoms with Gasteiger partial charge in [-0.25, -0.2) is 4.99 Å². The SMILES string of the molecule is O=C(NCCNC(=O)c1cccs1)C1=NC(=O)C2C=CC=CC2=N1. The Bertz CT molecular complexity index is 790. The molecule has 8 heteroatoms. The third-order valence-corrected chi connectivity index (χ3v) is 4.23. The number of carbonyl (C=O) groups excluding carboxylic acids is 3. The fraction of sp³-hybridized carbons (Fsp3) is 0.188. The highest BCUT2D eigenvalue weighted by Gasteiger charge is 2.28. The van der Waals surface area contributed by atoms with Crippen LogP contribution in [0.4, 0.5) is 0 Å². The minimum absolute atomic E-state index is 0.157. The summed E-state index contributed by atoms with van der Waals surface area (Å²) in [7, 11) is 0. The number of allylic oxidation sites excluding steroid dienone is 3. The average molecular weight is 342 g/mol. The van der Waals surface area contributed by atoms with Crippen LogP contribution in [-0.4, -0.2) is 42.4 Å². The standard InChI is InChI=1S/C16H14N4O3S/c21-14-10-4-1-2-5-11(10)19-13(20-14)16(23)18-8-7-17-15(22)12-6-3-9-24-12/h1-6,9-10H,7-8H2,(H,17,22)(H,18,23). The summed E-state index contributed by atoms with van der Waals surface area (Å²) in [6.07, 6.45) is 6.88. The van der Waals surface area contributed by atoms with E-state index in [0.717, 1.165) is 0 Å². The fourth-order valence-electron chi connectivity index (χ4n) is 2.20. The van der Waals surface area contributed by atoms with Crippen molar-refractivity contribution >= 4 is 40.6 Å². The van der Waals surface area contributed by atoms with Crippen LogP contribution in [-0.2, 0) is 9.59 Å². The number of thiophene rings is 1. The fourth-order valence-corrected chi connectivity index (χ4v) is 2.84. The molecular formula is C16H14N4O3S. The van der Waals surface area contributed by atoms with E-state index in [9.17, 15) is 14.4 Å². The maximum absolute atomic E-state index is 12.0. The van der Waals surface area contributed by atoms with Crippen molar-refractivity contribution in [3.05, 3.63) is 46.7 Å². The molecule has 3 amide bonds. The monoisotopic (exact) mass is 342 g/mol. The molecule has 1 aliphatic heterocycles. The first kappa shape index (κ1) is 16.0. The first-order valence-corrected chi connectivity index (χ1v) is 8.19. The normalized spacial score (nSPS) is 18.5. The van der Waals surface area contributed by atoms with Gasteiger partial charge in [-0.3, -0.25) is 14.4 Å². The molecule has 122 valence electrons. The van der Waals surface area contributed by atoms with E-state index in [2.05, 4.69) is 20.6 Å². The zero-order valence-corrected chi connectivity index (χ0v) is 13.4. The molecule has 1 aromatic heterocycles. The summed E-state index contributed by atoms with van der Waals surface area (Å²) in [5, 5.41) is 7.09. The molecule has 1 aliphatic carbocycles. The molecule has 1 aromatic rings. The third-order valence-electron chi connectivity index (χ3n) is 3.36. The summed E-state index contributed by atoms with van der Waals surface area (Å²) in [5.74, 6) is -1.79. The van der Waals surface area contributed by atoms with Gasteiger partial charge in [-0.1, -0.05) is 24.3 Å². The minimum Gasteiger partial charge on any atom is -0.350 e. The van der Waals surface area contributed by atoms with Crippen LogP contribution in [0.3, 0.4) is 0 Å². The van der Waals surface area contributed by atoms with Crippen molar-refractivity contribution in [1.82, 2.24) is 10.6 Å². The second-order valence-electron chi connectivity index (χ2n) is 5.02. The van der Waals surface area contributed by atoms with E-state index >= 15 is 0 Å². The quantitative estimate of drug-likeness (QED) is 0.771. The number of rotatable bonds is 5. The van der Waals surface area contributed by atoms with E-state index in [0.29, 0.717) is 10.6 Å². The van der Waals surface area contributed by atoms with Gasteiger partial charge in [0.25, 0.3) is 17.7 Å². The Labute approximate surface area is 141 Å². The topological polar surface area (TPSA) is 100.0 Å². The molecule has 7 nitrogen and oxygen atoms in total. The Morgan fingerprint density at radius 1 is 1.12 bits per heavy atom. The Morgan fingerprint density at radius 2 is 1.92 bits per heavy atom. The van der Waals surface area contributed by atoms with Crippen molar-refractivity contribution in [2.24, 2.45) is 15.9 Å². The summed E-state index contributed by atoms with van der Waals surface area (Å²) in [4.78, 5) is 44.1. The van der Waals surface area contributed by atoms with E-state index in [1.54, 1.807) is 36.4 Å². The van der Waals surface area contributed by atoms with E-state index in [1.165, 1.54) is 11.3 Å². The molecule has 0 spiro atoms. The molecule has 2 N–H and O–H groups in total. The molecule has 0 saturated carbocycles. The predicted octanol–water partition coefficient (Wildman–Crippen LogP) is 0.716. The van der Waals surface area contributed by atoms with Gasteiger partial charge in [0.1, 0.15) is 5.92 Å². The number of amides is 3. The summed E-state index contributed by atoms with van der Waals surface area (Å²) < 4.78 is 0. The molecular weight excluding hydrogens is 328 g/mol. The minimum atomic E-state index is -0.539. The number of hydrogen-bond acceptors (Lipinski definition) is 5. The van der Waals surface area contributed by atoms with Gasteiger partial charge in [0.15, 0.2) is 0 Å². The summed E-state index contributed by atoms with van der Waals surface area (Å²) in [5.41, 5.74) is 0.508. The van der Waals surface area contributed by atoms with E-state index in [1.807, 2.05) is 5.38 Å². The van der Waals surface area contributed by atoms with Crippen molar-refractivity contribution in [2.45, 2.75) is 0 Å². The van der Waals surface area contributed by atoms with Crippen molar-refractivity contribution < 1.29 is 14.4 Å². The van der Waals surface area contributed by atoms with Crippen LogP contribution in [0.15, 0.2) is 51.8 Å². The average Bonchev–Trinajstić information content (AvgIpc) is 3.13. The van der Waals surface area contributed by atoms with E-state index in [4.69, 9.17) is 0 Å². The lowest BCUT2D eigenvalue weighted by atomic mass is 9.96. The molecule has 0 fully saturated rings. The van der Waals surface area contributed by atoms with Crippen LogP contribution >= 0.6 is 11.3 Å². The second-order valence-corrected chi connectivity index (χ2v) is 5.97. The summed E-state index contributed by atoms with van der Waals surface area (Å²) >= 11 is 1.34. The molecule has 2 aliphatic rings. The van der Waals surface area contributed by atoms with Crippen LogP contribution in [0.1, 0.15) is 9.67 Å². The molecule has 0 aromatic carbocycles. The molecule has 1 atom stereocenters. The number of nitrogens with one attached hydrogen (secondary N) is 2. The van der Waals surface area contributed by atoms with Crippen LogP contribution < -0.4 is 10.6 Å².